The molecule has 4 N–H and O–H groups in total. The quantitative estimate of drug-likeness (QED) is 0.907. The van der Waals surface area contributed by atoms with Crippen molar-refractivity contribution in [1.29, 1.82) is 5.26 Å². The standard InChI is InChI=1S/C19H21N3O2/c1-3-24-16-9-12(7-8-15(16)23)17-13-6-4-5-11(2)18(13)22-19(21)14(17)10-20/h7-9,11,23H,3-6H2,1-2H3,(H2,21,22)/p+1/t11-/m0/s1. The Balaban J connectivity index is 2.27. The molecule has 0 saturated heterocycles. The number of aromatic nitrogens is 1. The summed E-state index contributed by atoms with van der Waals surface area (Å²) in [5.74, 6) is 1.29. The summed E-state index contributed by atoms with van der Waals surface area (Å²) in [6, 6.07) is 7.44. The van der Waals surface area contributed by atoms with Crippen LogP contribution in [0.25, 0.3) is 11.1 Å². The summed E-state index contributed by atoms with van der Waals surface area (Å²) >= 11 is 0. The van der Waals surface area contributed by atoms with E-state index in [2.05, 4.69) is 18.0 Å². The van der Waals surface area contributed by atoms with E-state index in [-0.39, 0.29) is 5.75 Å². The second-order valence-corrected chi connectivity index (χ2v) is 6.20. The lowest BCUT2D eigenvalue weighted by Gasteiger charge is -2.23. The van der Waals surface area contributed by atoms with Gasteiger partial charge in [-0.05, 0) is 43.9 Å². The number of phenols is 1. The summed E-state index contributed by atoms with van der Waals surface area (Å²) in [5.41, 5.74) is 10.5. The zero-order valence-electron chi connectivity index (χ0n) is 14.0. The molecule has 1 atom stereocenters. The predicted octanol–water partition coefficient (Wildman–Crippen LogP) is 3.17. The van der Waals surface area contributed by atoms with Crippen molar-refractivity contribution in [1.82, 2.24) is 0 Å². The Morgan fingerprint density at radius 1 is 1.46 bits per heavy atom. The molecule has 2 aromatic rings. The predicted molar refractivity (Wildman–Crippen MR) is 91.7 cm³/mol. The topological polar surface area (TPSA) is 93.4 Å². The number of phenolic OH excluding ortho intramolecular Hbond substituents is 1. The highest BCUT2D eigenvalue weighted by Crippen LogP contribution is 2.40. The van der Waals surface area contributed by atoms with Gasteiger partial charge in [0.05, 0.1) is 6.61 Å². The van der Waals surface area contributed by atoms with Crippen LogP contribution in [0.15, 0.2) is 18.2 Å². The van der Waals surface area contributed by atoms with Gasteiger partial charge in [0.15, 0.2) is 11.5 Å². The fraction of sp³-hybridized carbons (Fsp3) is 0.368. The molecule has 1 aliphatic carbocycles. The van der Waals surface area contributed by atoms with E-state index in [4.69, 9.17) is 10.5 Å². The Labute approximate surface area is 141 Å². The van der Waals surface area contributed by atoms with E-state index in [1.165, 1.54) is 0 Å². The van der Waals surface area contributed by atoms with Crippen molar-refractivity contribution < 1.29 is 14.8 Å². The molecule has 0 spiro atoms. The van der Waals surface area contributed by atoms with E-state index in [1.807, 2.05) is 13.0 Å². The van der Waals surface area contributed by atoms with E-state index >= 15 is 0 Å². The number of H-pyrrole nitrogens is 1. The number of aromatic amines is 1. The number of nitrogen functional groups attached to an aromatic ring is 1. The zero-order valence-corrected chi connectivity index (χ0v) is 14.0. The SMILES string of the molecule is CCOc1cc(-c2c(C#N)c(N)[nH+]c3c2CCC[C@@H]3C)ccc1O. The molecule has 0 bridgehead atoms. The number of nitrogens with zero attached hydrogens (tertiary/aromatic N) is 1. The molecule has 0 radical (unpaired) electrons. The third-order valence-electron chi connectivity index (χ3n) is 4.63. The maximum absolute atomic E-state index is 9.95. The first kappa shape index (κ1) is 16.1. The normalized spacial score (nSPS) is 16.3. The molecule has 1 heterocycles. The van der Waals surface area contributed by atoms with Crippen LogP contribution < -0.4 is 15.5 Å². The lowest BCUT2D eigenvalue weighted by atomic mass is 9.82. The van der Waals surface area contributed by atoms with Gasteiger partial charge >= 0.3 is 0 Å². The van der Waals surface area contributed by atoms with Crippen LogP contribution in [0.4, 0.5) is 5.82 Å². The van der Waals surface area contributed by atoms with Crippen LogP contribution in [-0.4, -0.2) is 11.7 Å². The molecule has 0 amide bonds. The molecular formula is C19H22N3O2+. The smallest absolute Gasteiger partial charge is 0.289 e. The molecule has 24 heavy (non-hydrogen) atoms. The zero-order chi connectivity index (χ0) is 17.3. The summed E-state index contributed by atoms with van der Waals surface area (Å²) in [6.07, 6.45) is 3.10. The van der Waals surface area contributed by atoms with Crippen LogP contribution in [0.5, 0.6) is 11.5 Å². The van der Waals surface area contributed by atoms with Crippen molar-refractivity contribution in [2.75, 3.05) is 12.3 Å². The van der Waals surface area contributed by atoms with E-state index in [0.29, 0.717) is 29.7 Å². The van der Waals surface area contributed by atoms with Crippen LogP contribution in [0.2, 0.25) is 0 Å². The molecule has 5 nitrogen and oxygen atoms in total. The number of hydrogen-bond donors (Lipinski definition) is 2. The first-order valence-electron chi connectivity index (χ1n) is 8.30. The second-order valence-electron chi connectivity index (χ2n) is 6.20. The van der Waals surface area contributed by atoms with Gasteiger partial charge in [-0.2, -0.15) is 5.26 Å². The number of fused-ring (bicyclic) bond motifs is 1. The third kappa shape index (κ3) is 2.65. The average molecular weight is 324 g/mol. The van der Waals surface area contributed by atoms with Crippen molar-refractivity contribution in [3.8, 4) is 28.7 Å². The van der Waals surface area contributed by atoms with Crippen molar-refractivity contribution >= 4 is 5.82 Å². The minimum atomic E-state index is 0.0943. The minimum Gasteiger partial charge on any atom is -0.504 e. The Hall–Kier alpha value is -2.74. The van der Waals surface area contributed by atoms with Crippen LogP contribution >= 0.6 is 0 Å². The fourth-order valence-electron chi connectivity index (χ4n) is 3.49. The monoisotopic (exact) mass is 324 g/mol. The maximum Gasteiger partial charge on any atom is 0.289 e. The van der Waals surface area contributed by atoms with Gasteiger partial charge < -0.3 is 9.84 Å². The van der Waals surface area contributed by atoms with Crippen molar-refractivity contribution in [2.45, 2.75) is 39.0 Å². The summed E-state index contributed by atoms with van der Waals surface area (Å²) in [6.45, 7) is 4.50. The molecule has 0 unspecified atom stereocenters. The third-order valence-corrected chi connectivity index (χ3v) is 4.63. The fourth-order valence-corrected chi connectivity index (χ4v) is 3.49. The highest BCUT2D eigenvalue weighted by atomic mass is 16.5. The van der Waals surface area contributed by atoms with Crippen molar-refractivity contribution in [3.05, 3.63) is 35.0 Å². The number of aromatic hydroxyl groups is 1. The Morgan fingerprint density at radius 3 is 2.96 bits per heavy atom. The Bertz CT molecular complexity index is 824. The van der Waals surface area contributed by atoms with Crippen molar-refractivity contribution in [3.63, 3.8) is 0 Å². The number of anilines is 1. The van der Waals surface area contributed by atoms with Gasteiger partial charge in [-0.1, -0.05) is 13.0 Å². The number of nitrogens with one attached hydrogen (secondary N) is 1. The number of nitriles is 1. The van der Waals surface area contributed by atoms with Gasteiger partial charge in [-0.25, -0.2) is 4.98 Å². The van der Waals surface area contributed by atoms with Gasteiger partial charge in [0.2, 0.25) is 0 Å². The van der Waals surface area contributed by atoms with Crippen LogP contribution in [0.3, 0.4) is 0 Å². The van der Waals surface area contributed by atoms with E-state index in [0.717, 1.165) is 41.6 Å². The maximum atomic E-state index is 9.95. The van der Waals surface area contributed by atoms with E-state index < -0.39 is 0 Å². The molecule has 1 aromatic heterocycles. The molecule has 1 aromatic carbocycles. The second kappa shape index (κ2) is 6.40. The molecule has 0 fully saturated rings. The molecule has 5 heteroatoms. The molecule has 3 rings (SSSR count). The van der Waals surface area contributed by atoms with Crippen LogP contribution in [-0.2, 0) is 6.42 Å². The van der Waals surface area contributed by atoms with Gasteiger partial charge in [0.1, 0.15) is 17.3 Å². The lowest BCUT2D eigenvalue weighted by molar-refractivity contribution is -0.377. The molecule has 0 aliphatic heterocycles. The first-order chi connectivity index (χ1) is 11.6. The summed E-state index contributed by atoms with van der Waals surface area (Å²) in [7, 11) is 0. The molecule has 124 valence electrons. The van der Waals surface area contributed by atoms with E-state index in [1.54, 1.807) is 12.1 Å². The molecular weight excluding hydrogens is 302 g/mol. The molecule has 0 saturated carbocycles. The van der Waals surface area contributed by atoms with E-state index in [9.17, 15) is 10.4 Å². The number of pyridine rings is 1. The van der Waals surface area contributed by atoms with Gasteiger partial charge in [-0.15, -0.1) is 0 Å². The largest absolute Gasteiger partial charge is 0.504 e. The van der Waals surface area contributed by atoms with Gasteiger partial charge in [0, 0.05) is 17.0 Å². The number of ether oxygens (including phenoxy) is 1. The summed E-state index contributed by atoms with van der Waals surface area (Å²) in [5, 5.41) is 19.6. The van der Waals surface area contributed by atoms with Gasteiger partial charge in [0.25, 0.3) is 5.82 Å². The Morgan fingerprint density at radius 2 is 2.25 bits per heavy atom. The minimum absolute atomic E-state index is 0.0943. The number of benzene rings is 1. The first-order valence-corrected chi connectivity index (χ1v) is 8.30. The van der Waals surface area contributed by atoms with Crippen LogP contribution in [0.1, 0.15) is 49.4 Å². The summed E-state index contributed by atoms with van der Waals surface area (Å²) < 4.78 is 5.50. The Kier molecular flexibility index (Phi) is 4.30. The van der Waals surface area contributed by atoms with Gasteiger partial charge in [-0.3, -0.25) is 5.73 Å². The number of nitrogens with two attached hydrogens (primary N) is 1. The highest BCUT2D eigenvalue weighted by Gasteiger charge is 2.28. The number of rotatable bonds is 3. The molecule has 1 aliphatic rings. The van der Waals surface area contributed by atoms with Crippen LogP contribution in [0, 0.1) is 11.3 Å². The van der Waals surface area contributed by atoms with Crippen molar-refractivity contribution in [2.24, 2.45) is 0 Å². The summed E-state index contributed by atoms with van der Waals surface area (Å²) in [4.78, 5) is 3.23. The highest BCUT2D eigenvalue weighted by molar-refractivity contribution is 5.79. The number of hydrogen-bond acceptors (Lipinski definition) is 4. The average Bonchev–Trinajstić information content (AvgIpc) is 2.57. The lowest BCUT2D eigenvalue weighted by Crippen LogP contribution is -2.26.